The molecule has 5 nitrogen and oxygen atoms in total. The number of rotatable bonds is 72. The maximum Gasteiger partial charge on any atom is 0.306 e. The molecule has 0 saturated carbocycles. The monoisotopic (exact) mass is 1210 g/mol. The van der Waals surface area contributed by atoms with Gasteiger partial charge in [0.25, 0.3) is 0 Å². The first-order valence-corrected chi connectivity index (χ1v) is 38.6. The molecule has 0 aliphatic rings. The highest BCUT2D eigenvalue weighted by atomic mass is 16.6. The normalized spacial score (nSPS) is 12.6. The zero-order chi connectivity index (χ0) is 62.6. The highest BCUT2D eigenvalue weighted by molar-refractivity contribution is 5.70. The molecule has 5 heteroatoms. The van der Waals surface area contributed by atoms with E-state index in [0.29, 0.717) is 12.8 Å². The minimum Gasteiger partial charge on any atom is -0.462 e. The summed E-state index contributed by atoms with van der Waals surface area (Å²) < 4.78 is 10.8. The Morgan fingerprint density at radius 1 is 0.276 bits per heavy atom. The fourth-order valence-corrected chi connectivity index (χ4v) is 11.7. The minimum absolute atomic E-state index is 0.0630. The van der Waals surface area contributed by atoms with Gasteiger partial charge >= 0.3 is 11.9 Å². The molecule has 1 unspecified atom stereocenters. The van der Waals surface area contributed by atoms with Gasteiger partial charge in [-0.25, -0.2) is 0 Å². The molecule has 0 heterocycles. The fraction of sp³-hybridized carbons (Fsp3) is 0.805. The first-order chi connectivity index (χ1) is 43.1. The zero-order valence-corrected chi connectivity index (χ0v) is 58.3. The molecule has 0 radical (unpaired) electrons. The second-order valence-corrected chi connectivity index (χ2v) is 26.1. The molecule has 0 aliphatic carbocycles. The van der Waals surface area contributed by atoms with Crippen molar-refractivity contribution < 1.29 is 24.2 Å². The van der Waals surface area contributed by atoms with Crippen molar-refractivity contribution in [3.05, 3.63) is 85.1 Å². The van der Waals surface area contributed by atoms with Crippen LogP contribution in [0.5, 0.6) is 0 Å². The van der Waals surface area contributed by atoms with Gasteiger partial charge in [0.15, 0.2) is 6.10 Å². The summed E-state index contributed by atoms with van der Waals surface area (Å²) in [6, 6.07) is 0. The lowest BCUT2D eigenvalue weighted by Gasteiger charge is -2.15. The molecule has 0 saturated heterocycles. The van der Waals surface area contributed by atoms with Crippen LogP contribution in [0, 0.1) is 0 Å². The van der Waals surface area contributed by atoms with Crippen LogP contribution in [-0.4, -0.2) is 36.4 Å². The predicted octanol–water partition coefficient (Wildman–Crippen LogP) is 27.2. The molecule has 0 aromatic carbocycles. The Bertz CT molecular complexity index is 1570. The maximum absolute atomic E-state index is 12.4. The molecule has 87 heavy (non-hydrogen) atoms. The summed E-state index contributed by atoms with van der Waals surface area (Å²) in [5, 5.41) is 9.72. The molecular weight excluding hydrogens is 1060 g/mol. The van der Waals surface area contributed by atoms with E-state index in [2.05, 4.69) is 98.9 Å². The summed E-state index contributed by atoms with van der Waals surface area (Å²) in [5.74, 6) is -0.572. The van der Waals surface area contributed by atoms with Gasteiger partial charge in [-0.1, -0.05) is 407 Å². The van der Waals surface area contributed by atoms with Gasteiger partial charge in [0.1, 0.15) is 6.61 Å². The second-order valence-electron chi connectivity index (χ2n) is 26.1. The van der Waals surface area contributed by atoms with E-state index in [1.54, 1.807) is 0 Å². The van der Waals surface area contributed by atoms with Gasteiger partial charge in [0.05, 0.1) is 6.61 Å². The molecule has 0 aromatic rings. The van der Waals surface area contributed by atoms with Crippen LogP contribution in [0.25, 0.3) is 0 Å². The zero-order valence-electron chi connectivity index (χ0n) is 58.3. The molecule has 506 valence electrons. The summed E-state index contributed by atoms with van der Waals surface area (Å²) in [6.45, 7) is 4.08. The van der Waals surface area contributed by atoms with E-state index in [-0.39, 0.29) is 25.2 Å². The first-order valence-electron chi connectivity index (χ1n) is 38.6. The van der Waals surface area contributed by atoms with Crippen LogP contribution in [-0.2, 0) is 19.1 Å². The van der Waals surface area contributed by atoms with Crippen molar-refractivity contribution in [2.24, 2.45) is 0 Å². The Morgan fingerprint density at radius 2 is 0.494 bits per heavy atom. The molecule has 0 fully saturated rings. The molecule has 0 aromatic heterocycles. The summed E-state index contributed by atoms with van der Waals surface area (Å²) >= 11 is 0. The Balaban J connectivity index is 3.41. The molecule has 1 N–H and O–H groups in total. The lowest BCUT2D eigenvalue weighted by Crippen LogP contribution is -2.28. The van der Waals surface area contributed by atoms with E-state index < -0.39 is 6.10 Å². The Labute approximate surface area is 543 Å². The van der Waals surface area contributed by atoms with Crippen LogP contribution in [0.4, 0.5) is 0 Å². The van der Waals surface area contributed by atoms with Crippen LogP contribution in [0.2, 0.25) is 0 Å². The molecule has 0 spiro atoms. The third kappa shape index (κ3) is 75.5. The average Bonchev–Trinajstić information content (AvgIpc) is 3.52. The maximum atomic E-state index is 12.4. The summed E-state index contributed by atoms with van der Waals surface area (Å²) in [6.07, 6.45) is 109. The van der Waals surface area contributed by atoms with Crippen molar-refractivity contribution in [3.63, 3.8) is 0 Å². The topological polar surface area (TPSA) is 72.8 Å². The van der Waals surface area contributed by atoms with Crippen LogP contribution >= 0.6 is 0 Å². The van der Waals surface area contributed by atoms with Gasteiger partial charge in [-0.2, -0.15) is 0 Å². The summed E-state index contributed by atoms with van der Waals surface area (Å²) in [4.78, 5) is 24.7. The number of esters is 2. The largest absolute Gasteiger partial charge is 0.462 e. The van der Waals surface area contributed by atoms with E-state index in [0.717, 1.165) is 83.5 Å². The number of carbonyl (C=O) groups excluding carboxylic acids is 2. The minimum atomic E-state index is -0.775. The smallest absolute Gasteiger partial charge is 0.306 e. The number of ether oxygens (including phenoxy) is 2. The quantitative estimate of drug-likeness (QED) is 0.0373. The molecule has 1 atom stereocenters. The van der Waals surface area contributed by atoms with E-state index in [1.165, 1.54) is 295 Å². The van der Waals surface area contributed by atoms with Crippen molar-refractivity contribution in [1.29, 1.82) is 0 Å². The van der Waals surface area contributed by atoms with Crippen LogP contribution in [0.3, 0.4) is 0 Å². The lowest BCUT2D eigenvalue weighted by atomic mass is 10.0. The molecule has 0 amide bonds. The van der Waals surface area contributed by atoms with E-state index >= 15 is 0 Å². The van der Waals surface area contributed by atoms with E-state index in [1.807, 2.05) is 0 Å². The molecule has 0 bridgehead atoms. The highest BCUT2D eigenvalue weighted by Gasteiger charge is 2.16. The van der Waals surface area contributed by atoms with Gasteiger partial charge in [0, 0.05) is 12.8 Å². The first kappa shape index (κ1) is 84.1. The van der Waals surface area contributed by atoms with Gasteiger partial charge < -0.3 is 14.6 Å². The highest BCUT2D eigenvalue weighted by Crippen LogP contribution is 2.19. The summed E-state index contributed by atoms with van der Waals surface area (Å²) in [7, 11) is 0. The Morgan fingerprint density at radius 3 is 0.747 bits per heavy atom. The Kier molecular flexibility index (Phi) is 74.7. The average molecular weight is 1210 g/mol. The van der Waals surface area contributed by atoms with Gasteiger partial charge in [-0.05, 0) is 70.6 Å². The third-order valence-electron chi connectivity index (χ3n) is 17.5. The van der Waals surface area contributed by atoms with E-state index in [9.17, 15) is 14.7 Å². The number of unbranched alkanes of at least 4 members (excludes halogenated alkanes) is 50. The third-order valence-corrected chi connectivity index (χ3v) is 17.5. The van der Waals surface area contributed by atoms with Gasteiger partial charge in [-0.3, -0.25) is 9.59 Å². The van der Waals surface area contributed by atoms with Gasteiger partial charge in [0.2, 0.25) is 0 Å². The predicted molar refractivity (Wildman–Crippen MR) is 385 cm³/mol. The van der Waals surface area contributed by atoms with Crippen molar-refractivity contribution in [1.82, 2.24) is 0 Å². The number of hydrogen-bond acceptors (Lipinski definition) is 5. The number of carbonyl (C=O) groups is 2. The number of allylic oxidation sites excluding steroid dienone is 14. The molecular formula is C82H148O5. The lowest BCUT2D eigenvalue weighted by molar-refractivity contribution is -0.161. The molecule has 0 rings (SSSR count). The fourth-order valence-electron chi connectivity index (χ4n) is 11.7. The van der Waals surface area contributed by atoms with Crippen molar-refractivity contribution >= 4 is 11.9 Å². The SMILES string of the molecule is CC/C=C\C/C=C\C/C=C\C/C=C\C/C=C\C/C=C\C/C=C\CCCCCCCCCCCCCCCCCC(=O)OC(CO)COC(=O)CCCCCCCCCCCCCCCCCCCCCCCCCCCCCCCCCCCCCC. The van der Waals surface area contributed by atoms with Gasteiger partial charge in [-0.15, -0.1) is 0 Å². The van der Waals surface area contributed by atoms with Crippen molar-refractivity contribution in [3.8, 4) is 0 Å². The van der Waals surface area contributed by atoms with Crippen LogP contribution in [0.1, 0.15) is 406 Å². The number of aliphatic hydroxyl groups excluding tert-OH is 1. The van der Waals surface area contributed by atoms with Crippen LogP contribution in [0.15, 0.2) is 85.1 Å². The Hall–Kier alpha value is -2.92. The standard InChI is InChI=1S/C82H148O5/c1-3-5-7-9-11-13-15-17-19-21-23-25-27-29-31-33-35-37-39-41-43-45-47-49-51-53-55-57-59-61-63-65-67-69-71-73-75-77-82(85)87-80(78-83)79-86-81(84)76-74-72-70-68-66-64-62-60-58-56-54-52-50-48-46-44-42-40-38-36-34-32-30-28-26-24-22-20-18-16-14-12-10-8-6-4-2/h5,7,11,13,17,19,23,25,29,31,35,37,41,43,80,83H,3-4,6,8-10,12,14-16,18,20-22,24,26-28,30,32-34,36,38-40,42,44-79H2,1-2H3/b7-5-,13-11-,19-17-,25-23-,31-29-,37-35-,43-41-. The second kappa shape index (κ2) is 77.3. The van der Waals surface area contributed by atoms with Crippen molar-refractivity contribution in [2.75, 3.05) is 13.2 Å². The number of hydrogen-bond donors (Lipinski definition) is 1. The molecule has 0 aliphatic heterocycles. The summed E-state index contributed by atoms with van der Waals surface area (Å²) in [5.41, 5.74) is 0. The number of aliphatic hydroxyl groups is 1. The van der Waals surface area contributed by atoms with Crippen LogP contribution < -0.4 is 0 Å². The van der Waals surface area contributed by atoms with Crippen molar-refractivity contribution in [2.45, 2.75) is 412 Å². The van der Waals surface area contributed by atoms with E-state index in [4.69, 9.17) is 9.47 Å².